The molecule has 1 aromatic heterocycles. The quantitative estimate of drug-likeness (QED) is 0.866. The van der Waals surface area contributed by atoms with Gasteiger partial charge in [-0.15, -0.1) is 11.3 Å². The summed E-state index contributed by atoms with van der Waals surface area (Å²) >= 11 is 1.29. The van der Waals surface area contributed by atoms with Crippen molar-refractivity contribution in [2.24, 2.45) is 0 Å². The minimum absolute atomic E-state index is 0.313. The van der Waals surface area contributed by atoms with E-state index in [0.717, 1.165) is 0 Å². The van der Waals surface area contributed by atoms with Crippen LogP contribution in [0.3, 0.4) is 0 Å². The predicted molar refractivity (Wildman–Crippen MR) is 73.6 cm³/mol. The Morgan fingerprint density at radius 1 is 1.50 bits per heavy atom. The average Bonchev–Trinajstić information content (AvgIpc) is 3.08. The van der Waals surface area contributed by atoms with Gasteiger partial charge in [-0.25, -0.2) is 4.79 Å². The number of rotatable bonds is 4. The molecule has 0 aromatic carbocycles. The van der Waals surface area contributed by atoms with Gasteiger partial charge in [-0.2, -0.15) is 0 Å². The van der Waals surface area contributed by atoms with Crippen LogP contribution in [0, 0.1) is 0 Å². The Bertz CT molecular complexity index is 514. The van der Waals surface area contributed by atoms with Gasteiger partial charge in [0.1, 0.15) is 12.1 Å². The van der Waals surface area contributed by atoms with Gasteiger partial charge in [-0.3, -0.25) is 9.59 Å². The maximum Gasteiger partial charge on any atom is 0.326 e. The molecule has 1 saturated heterocycles. The molecule has 2 N–H and O–H groups in total. The van der Waals surface area contributed by atoms with Crippen LogP contribution < -0.4 is 5.32 Å². The number of carboxylic acids is 1. The molecular weight excluding hydrogens is 280 g/mol. The number of carbonyl (C=O) groups excluding carboxylic acids is 2. The molecule has 0 radical (unpaired) electrons. The summed E-state index contributed by atoms with van der Waals surface area (Å²) in [4.78, 5) is 37.0. The molecule has 0 aliphatic carbocycles. The highest BCUT2D eigenvalue weighted by atomic mass is 32.1. The number of hydrogen-bond donors (Lipinski definition) is 2. The van der Waals surface area contributed by atoms with Gasteiger partial charge in [0, 0.05) is 6.54 Å². The van der Waals surface area contributed by atoms with Crippen molar-refractivity contribution in [3.63, 3.8) is 0 Å². The van der Waals surface area contributed by atoms with Crippen LogP contribution in [0.1, 0.15) is 29.4 Å². The summed E-state index contributed by atoms with van der Waals surface area (Å²) in [5.74, 6) is -1.65. The van der Waals surface area contributed by atoms with Crippen LogP contribution in [-0.4, -0.2) is 46.4 Å². The number of likely N-dealkylation sites (tertiary alicyclic amines) is 1. The molecule has 2 rings (SSSR count). The highest BCUT2D eigenvalue weighted by molar-refractivity contribution is 7.12. The molecule has 2 amide bonds. The van der Waals surface area contributed by atoms with Crippen LogP contribution in [0.2, 0.25) is 0 Å². The smallest absolute Gasteiger partial charge is 0.326 e. The van der Waals surface area contributed by atoms with Gasteiger partial charge in [0.2, 0.25) is 5.91 Å². The third-order valence-electron chi connectivity index (χ3n) is 3.28. The van der Waals surface area contributed by atoms with Crippen molar-refractivity contribution >= 4 is 29.1 Å². The van der Waals surface area contributed by atoms with Crippen molar-refractivity contribution in [2.75, 3.05) is 6.54 Å². The molecule has 1 aliphatic heterocycles. The average molecular weight is 296 g/mol. The van der Waals surface area contributed by atoms with Crippen molar-refractivity contribution in [2.45, 2.75) is 31.8 Å². The SMILES string of the molecule is CC(NC(=O)c1cccs1)C(=O)N1CCC[C@@H]1C(=O)O. The molecule has 20 heavy (non-hydrogen) atoms. The molecule has 1 aromatic rings. The first-order valence-corrected chi connectivity index (χ1v) is 7.26. The summed E-state index contributed by atoms with van der Waals surface area (Å²) in [5, 5.41) is 13.5. The van der Waals surface area contributed by atoms with Crippen molar-refractivity contribution in [3.05, 3.63) is 22.4 Å². The molecule has 1 aliphatic rings. The Morgan fingerprint density at radius 3 is 2.85 bits per heavy atom. The van der Waals surface area contributed by atoms with E-state index < -0.39 is 18.1 Å². The lowest BCUT2D eigenvalue weighted by Gasteiger charge is -2.25. The lowest BCUT2D eigenvalue weighted by molar-refractivity contribution is -0.148. The van der Waals surface area contributed by atoms with Crippen LogP contribution in [0.5, 0.6) is 0 Å². The Kier molecular flexibility index (Phi) is 4.39. The fourth-order valence-corrected chi connectivity index (χ4v) is 2.90. The minimum Gasteiger partial charge on any atom is -0.480 e. The molecule has 108 valence electrons. The molecular formula is C13H16N2O4S. The third-order valence-corrected chi connectivity index (χ3v) is 4.15. The molecule has 2 atom stereocenters. The third kappa shape index (κ3) is 2.98. The summed E-state index contributed by atoms with van der Waals surface area (Å²) in [6.45, 7) is 2.00. The normalized spacial score (nSPS) is 19.6. The summed E-state index contributed by atoms with van der Waals surface area (Å²) in [6.07, 6.45) is 1.14. The van der Waals surface area contributed by atoms with E-state index in [1.807, 2.05) is 0 Å². The Morgan fingerprint density at radius 2 is 2.25 bits per heavy atom. The van der Waals surface area contributed by atoms with E-state index in [-0.39, 0.29) is 11.8 Å². The number of nitrogens with one attached hydrogen (secondary N) is 1. The molecule has 1 fully saturated rings. The van der Waals surface area contributed by atoms with Gasteiger partial charge in [0.15, 0.2) is 0 Å². The molecule has 7 heteroatoms. The topological polar surface area (TPSA) is 86.7 Å². The van der Waals surface area contributed by atoms with Crippen LogP contribution in [0.15, 0.2) is 17.5 Å². The maximum atomic E-state index is 12.2. The fraction of sp³-hybridized carbons (Fsp3) is 0.462. The zero-order valence-electron chi connectivity index (χ0n) is 11.0. The number of carboxylic acid groups (broad SMARTS) is 1. The molecule has 0 spiro atoms. The van der Waals surface area contributed by atoms with Gasteiger partial charge < -0.3 is 15.3 Å². The van der Waals surface area contributed by atoms with Gasteiger partial charge in [0.05, 0.1) is 4.88 Å². The van der Waals surface area contributed by atoms with E-state index in [1.165, 1.54) is 16.2 Å². The number of aliphatic carboxylic acids is 1. The summed E-state index contributed by atoms with van der Waals surface area (Å²) in [6, 6.07) is 1.92. The van der Waals surface area contributed by atoms with Crippen molar-refractivity contribution < 1.29 is 19.5 Å². The van der Waals surface area contributed by atoms with E-state index in [1.54, 1.807) is 24.4 Å². The van der Waals surface area contributed by atoms with Gasteiger partial charge in [-0.1, -0.05) is 6.07 Å². The van der Waals surface area contributed by atoms with E-state index in [4.69, 9.17) is 5.11 Å². The van der Waals surface area contributed by atoms with Crippen molar-refractivity contribution in [1.29, 1.82) is 0 Å². The predicted octanol–water partition coefficient (Wildman–Crippen LogP) is 0.942. The zero-order chi connectivity index (χ0) is 14.7. The summed E-state index contributed by atoms with van der Waals surface area (Å²) < 4.78 is 0. The van der Waals surface area contributed by atoms with E-state index in [0.29, 0.717) is 24.3 Å². The van der Waals surface area contributed by atoms with E-state index >= 15 is 0 Å². The lowest BCUT2D eigenvalue weighted by atomic mass is 10.2. The zero-order valence-corrected chi connectivity index (χ0v) is 11.9. The summed E-state index contributed by atoms with van der Waals surface area (Å²) in [7, 11) is 0. The maximum absolute atomic E-state index is 12.2. The Hall–Kier alpha value is -1.89. The number of hydrogen-bond acceptors (Lipinski definition) is 4. The van der Waals surface area contributed by atoms with Gasteiger partial charge >= 0.3 is 5.97 Å². The van der Waals surface area contributed by atoms with Crippen LogP contribution in [0.4, 0.5) is 0 Å². The number of carbonyl (C=O) groups is 3. The number of thiophene rings is 1. The first-order chi connectivity index (χ1) is 9.50. The molecule has 6 nitrogen and oxygen atoms in total. The van der Waals surface area contributed by atoms with Gasteiger partial charge in [0.25, 0.3) is 5.91 Å². The van der Waals surface area contributed by atoms with E-state index in [9.17, 15) is 14.4 Å². The second-order valence-corrected chi connectivity index (χ2v) is 5.65. The largest absolute Gasteiger partial charge is 0.480 e. The van der Waals surface area contributed by atoms with Crippen molar-refractivity contribution in [1.82, 2.24) is 10.2 Å². The molecule has 2 heterocycles. The first-order valence-electron chi connectivity index (χ1n) is 6.38. The second kappa shape index (κ2) is 6.04. The first kappa shape index (κ1) is 14.5. The fourth-order valence-electron chi connectivity index (χ4n) is 2.27. The standard InChI is InChI=1S/C13H16N2O4S/c1-8(14-11(16)10-5-3-7-20-10)12(17)15-6-2-4-9(15)13(18)19/h3,5,7-9H,2,4,6H2,1H3,(H,14,16)(H,18,19)/t8?,9-/m1/s1. The second-order valence-electron chi connectivity index (χ2n) is 4.70. The Labute approximate surface area is 120 Å². The van der Waals surface area contributed by atoms with Crippen LogP contribution in [-0.2, 0) is 9.59 Å². The van der Waals surface area contributed by atoms with Gasteiger partial charge in [-0.05, 0) is 31.2 Å². The van der Waals surface area contributed by atoms with Crippen LogP contribution in [0.25, 0.3) is 0 Å². The molecule has 0 bridgehead atoms. The highest BCUT2D eigenvalue weighted by Gasteiger charge is 2.36. The van der Waals surface area contributed by atoms with E-state index in [2.05, 4.69) is 5.32 Å². The molecule has 1 unspecified atom stereocenters. The lowest BCUT2D eigenvalue weighted by Crippen LogP contribution is -2.50. The Balaban J connectivity index is 1.98. The monoisotopic (exact) mass is 296 g/mol. The number of nitrogens with zero attached hydrogens (tertiary/aromatic N) is 1. The highest BCUT2D eigenvalue weighted by Crippen LogP contribution is 2.18. The summed E-state index contributed by atoms with van der Waals surface area (Å²) in [5.41, 5.74) is 0. The van der Waals surface area contributed by atoms with Crippen LogP contribution >= 0.6 is 11.3 Å². The number of amides is 2. The van der Waals surface area contributed by atoms with Crippen molar-refractivity contribution in [3.8, 4) is 0 Å². The molecule has 0 saturated carbocycles. The minimum atomic E-state index is -0.993.